The highest BCUT2D eigenvalue weighted by Gasteiger charge is 2.14. The van der Waals surface area contributed by atoms with Crippen molar-refractivity contribution in [2.45, 2.75) is 51.9 Å². The molecule has 0 spiro atoms. The summed E-state index contributed by atoms with van der Waals surface area (Å²) < 4.78 is 0. The third-order valence-corrected chi connectivity index (χ3v) is 4.12. The Balaban J connectivity index is 1.91. The van der Waals surface area contributed by atoms with Crippen molar-refractivity contribution in [3.05, 3.63) is 41.5 Å². The number of rotatable bonds is 5. The Morgan fingerprint density at radius 3 is 2.58 bits per heavy atom. The molecule has 1 unspecified atom stereocenters. The van der Waals surface area contributed by atoms with Crippen LogP contribution in [0, 0.1) is 17.2 Å². The second-order valence-corrected chi connectivity index (χ2v) is 5.55. The fraction of sp³-hybridized carbons (Fsp3) is 0.500. The summed E-state index contributed by atoms with van der Waals surface area (Å²) in [4.78, 5) is 0. The highest BCUT2D eigenvalue weighted by molar-refractivity contribution is 5.66. The number of nitriles is 1. The SMILES string of the molecule is CCCCCC1CC=C(c2ccc(C#N)cc2)CC1. The molecule has 0 aliphatic heterocycles. The molecule has 1 aromatic rings. The summed E-state index contributed by atoms with van der Waals surface area (Å²) >= 11 is 0. The maximum atomic E-state index is 8.81. The molecule has 0 fully saturated rings. The summed E-state index contributed by atoms with van der Waals surface area (Å²) in [6, 6.07) is 10.2. The molecule has 0 radical (unpaired) electrons. The van der Waals surface area contributed by atoms with E-state index >= 15 is 0 Å². The van der Waals surface area contributed by atoms with Crippen LogP contribution in [0.5, 0.6) is 0 Å². The van der Waals surface area contributed by atoms with E-state index in [0.717, 1.165) is 11.5 Å². The second-order valence-electron chi connectivity index (χ2n) is 5.55. The van der Waals surface area contributed by atoms with E-state index in [9.17, 15) is 0 Å². The van der Waals surface area contributed by atoms with Crippen LogP contribution in [0.4, 0.5) is 0 Å². The molecule has 0 amide bonds. The van der Waals surface area contributed by atoms with Gasteiger partial charge in [-0.05, 0) is 48.4 Å². The summed E-state index contributed by atoms with van der Waals surface area (Å²) in [5.74, 6) is 0.897. The van der Waals surface area contributed by atoms with Gasteiger partial charge in [-0.15, -0.1) is 0 Å². The molecule has 1 atom stereocenters. The van der Waals surface area contributed by atoms with Crippen LogP contribution in [0.15, 0.2) is 30.3 Å². The molecule has 0 saturated heterocycles. The normalized spacial score (nSPS) is 18.7. The number of nitrogens with zero attached hydrogens (tertiary/aromatic N) is 1. The van der Waals surface area contributed by atoms with Crippen LogP contribution >= 0.6 is 0 Å². The number of hydrogen-bond donors (Lipinski definition) is 0. The van der Waals surface area contributed by atoms with Crippen LogP contribution < -0.4 is 0 Å². The molecule has 0 N–H and O–H groups in total. The van der Waals surface area contributed by atoms with Crippen molar-refractivity contribution in [3.8, 4) is 6.07 Å². The van der Waals surface area contributed by atoms with E-state index in [0.29, 0.717) is 0 Å². The van der Waals surface area contributed by atoms with Gasteiger partial charge in [0.05, 0.1) is 11.6 Å². The van der Waals surface area contributed by atoms with Crippen molar-refractivity contribution in [1.82, 2.24) is 0 Å². The molecule has 0 heterocycles. The monoisotopic (exact) mass is 253 g/mol. The van der Waals surface area contributed by atoms with Crippen LogP contribution in [0.2, 0.25) is 0 Å². The largest absolute Gasteiger partial charge is 0.192 e. The first-order valence-corrected chi connectivity index (χ1v) is 7.53. The van der Waals surface area contributed by atoms with E-state index < -0.39 is 0 Å². The van der Waals surface area contributed by atoms with Crippen LogP contribution in [0.3, 0.4) is 0 Å². The van der Waals surface area contributed by atoms with Gasteiger partial charge in [0.25, 0.3) is 0 Å². The zero-order valence-electron chi connectivity index (χ0n) is 11.9. The third kappa shape index (κ3) is 3.96. The van der Waals surface area contributed by atoms with Crippen LogP contribution in [0.25, 0.3) is 5.57 Å². The molecule has 2 rings (SSSR count). The number of benzene rings is 1. The van der Waals surface area contributed by atoms with E-state index in [4.69, 9.17) is 5.26 Å². The Morgan fingerprint density at radius 2 is 2.00 bits per heavy atom. The minimum Gasteiger partial charge on any atom is -0.192 e. The molecular formula is C18H23N. The Bertz CT molecular complexity index is 461. The molecule has 0 aromatic heterocycles. The Kier molecular flexibility index (Phi) is 5.21. The summed E-state index contributed by atoms with van der Waals surface area (Å²) in [5, 5.41) is 8.81. The van der Waals surface area contributed by atoms with E-state index in [2.05, 4.69) is 31.2 Å². The van der Waals surface area contributed by atoms with Crippen LogP contribution in [0.1, 0.15) is 63.0 Å². The van der Waals surface area contributed by atoms with Crippen molar-refractivity contribution >= 4 is 5.57 Å². The van der Waals surface area contributed by atoms with Gasteiger partial charge in [0.1, 0.15) is 0 Å². The van der Waals surface area contributed by atoms with Gasteiger partial charge in [-0.3, -0.25) is 0 Å². The minimum absolute atomic E-state index is 0.748. The average Bonchev–Trinajstić information content (AvgIpc) is 2.48. The summed E-state index contributed by atoms with van der Waals surface area (Å²) in [5.41, 5.74) is 3.51. The average molecular weight is 253 g/mol. The van der Waals surface area contributed by atoms with E-state index in [-0.39, 0.29) is 0 Å². The Labute approximate surface area is 117 Å². The van der Waals surface area contributed by atoms with Crippen molar-refractivity contribution in [2.75, 3.05) is 0 Å². The first-order chi connectivity index (χ1) is 9.33. The molecule has 0 bridgehead atoms. The maximum absolute atomic E-state index is 8.81. The smallest absolute Gasteiger partial charge is 0.0991 e. The lowest BCUT2D eigenvalue weighted by Crippen LogP contribution is -2.05. The highest BCUT2D eigenvalue weighted by atomic mass is 14.2. The van der Waals surface area contributed by atoms with Gasteiger partial charge in [-0.2, -0.15) is 5.26 Å². The fourth-order valence-electron chi connectivity index (χ4n) is 2.85. The van der Waals surface area contributed by atoms with Crippen molar-refractivity contribution in [1.29, 1.82) is 5.26 Å². The molecule has 0 saturated carbocycles. The zero-order valence-corrected chi connectivity index (χ0v) is 11.9. The molecule has 1 nitrogen and oxygen atoms in total. The van der Waals surface area contributed by atoms with Gasteiger partial charge in [0.2, 0.25) is 0 Å². The summed E-state index contributed by atoms with van der Waals surface area (Å²) in [6.07, 6.45) is 11.7. The minimum atomic E-state index is 0.748. The number of unbranched alkanes of at least 4 members (excludes halogenated alkanes) is 2. The van der Waals surface area contributed by atoms with Gasteiger partial charge in [-0.1, -0.05) is 50.8 Å². The van der Waals surface area contributed by atoms with E-state index in [1.807, 2.05) is 12.1 Å². The molecule has 1 aromatic carbocycles. The van der Waals surface area contributed by atoms with Gasteiger partial charge in [0, 0.05) is 0 Å². The number of hydrogen-bond acceptors (Lipinski definition) is 1. The lowest BCUT2D eigenvalue weighted by atomic mass is 9.84. The fourth-order valence-corrected chi connectivity index (χ4v) is 2.85. The zero-order chi connectivity index (χ0) is 13.5. The first-order valence-electron chi connectivity index (χ1n) is 7.53. The first kappa shape index (κ1) is 13.9. The molecule has 1 aliphatic rings. The van der Waals surface area contributed by atoms with Gasteiger partial charge >= 0.3 is 0 Å². The van der Waals surface area contributed by atoms with E-state index in [1.54, 1.807) is 0 Å². The Morgan fingerprint density at radius 1 is 1.21 bits per heavy atom. The third-order valence-electron chi connectivity index (χ3n) is 4.12. The van der Waals surface area contributed by atoms with E-state index in [1.165, 1.54) is 56.1 Å². The second kappa shape index (κ2) is 7.14. The molecule has 1 aliphatic carbocycles. The van der Waals surface area contributed by atoms with Crippen molar-refractivity contribution in [2.24, 2.45) is 5.92 Å². The molecular weight excluding hydrogens is 230 g/mol. The summed E-state index contributed by atoms with van der Waals surface area (Å²) in [7, 11) is 0. The molecule has 100 valence electrons. The van der Waals surface area contributed by atoms with Crippen molar-refractivity contribution in [3.63, 3.8) is 0 Å². The molecule has 19 heavy (non-hydrogen) atoms. The molecule has 1 heteroatoms. The topological polar surface area (TPSA) is 23.8 Å². The standard InChI is InChI=1S/C18H23N/c1-2-3-4-5-15-6-10-17(11-7-15)18-12-8-16(14-19)9-13-18/h8-10,12-13,15H,2-7,11H2,1H3. The van der Waals surface area contributed by atoms with Crippen LogP contribution in [-0.2, 0) is 0 Å². The van der Waals surface area contributed by atoms with Gasteiger partial charge in [0.15, 0.2) is 0 Å². The highest BCUT2D eigenvalue weighted by Crippen LogP contribution is 2.32. The lowest BCUT2D eigenvalue weighted by molar-refractivity contribution is 0.428. The maximum Gasteiger partial charge on any atom is 0.0991 e. The predicted octanol–water partition coefficient (Wildman–Crippen LogP) is 5.32. The predicted molar refractivity (Wildman–Crippen MR) is 80.6 cm³/mol. The Hall–Kier alpha value is -1.55. The quantitative estimate of drug-likeness (QED) is 0.651. The van der Waals surface area contributed by atoms with Crippen molar-refractivity contribution < 1.29 is 0 Å². The van der Waals surface area contributed by atoms with Gasteiger partial charge < -0.3 is 0 Å². The van der Waals surface area contributed by atoms with Crippen LogP contribution in [-0.4, -0.2) is 0 Å². The van der Waals surface area contributed by atoms with Gasteiger partial charge in [-0.25, -0.2) is 0 Å². The summed E-state index contributed by atoms with van der Waals surface area (Å²) in [6.45, 7) is 2.27. The lowest BCUT2D eigenvalue weighted by Gasteiger charge is -2.22. The number of allylic oxidation sites excluding steroid dienone is 2.